The van der Waals surface area contributed by atoms with Crippen molar-refractivity contribution in [2.75, 3.05) is 11.9 Å². The van der Waals surface area contributed by atoms with Crippen LogP contribution in [0.2, 0.25) is 0 Å². The molecule has 0 spiro atoms. The third-order valence-electron chi connectivity index (χ3n) is 2.56. The molecule has 108 valence electrons. The van der Waals surface area contributed by atoms with Crippen molar-refractivity contribution in [2.24, 2.45) is 0 Å². The lowest BCUT2D eigenvalue weighted by Crippen LogP contribution is -2.01. The number of anilines is 1. The van der Waals surface area contributed by atoms with Gasteiger partial charge in [-0.05, 0) is 62.9 Å². The molecular weight excluding hydrogens is 406 g/mol. The highest BCUT2D eigenvalue weighted by molar-refractivity contribution is 9.11. The Morgan fingerprint density at radius 3 is 2.45 bits per heavy atom. The molecule has 0 atom stereocenters. The number of nitrogens with zero attached hydrogens (tertiary/aromatic N) is 2. The monoisotopic (exact) mass is 419 g/mol. The van der Waals surface area contributed by atoms with Gasteiger partial charge in [0.1, 0.15) is 10.8 Å². The lowest BCUT2D eigenvalue weighted by atomic mass is 10.2. The minimum absolute atomic E-state index is 0.638. The van der Waals surface area contributed by atoms with E-state index in [1.165, 1.54) is 0 Å². The summed E-state index contributed by atoms with van der Waals surface area (Å²) in [7, 11) is 0. The van der Waals surface area contributed by atoms with Crippen molar-refractivity contribution in [1.82, 2.24) is 10.2 Å². The first kappa shape index (κ1) is 15.7. The van der Waals surface area contributed by atoms with Crippen LogP contribution in [0.5, 0.6) is 5.75 Å². The van der Waals surface area contributed by atoms with E-state index in [1.54, 1.807) is 11.3 Å². The van der Waals surface area contributed by atoms with Crippen LogP contribution in [0.25, 0.3) is 0 Å². The normalized spacial score (nSPS) is 10.6. The topological polar surface area (TPSA) is 47.0 Å². The number of hydrogen-bond acceptors (Lipinski definition) is 5. The van der Waals surface area contributed by atoms with Gasteiger partial charge >= 0.3 is 0 Å². The van der Waals surface area contributed by atoms with Crippen molar-refractivity contribution in [3.63, 3.8) is 0 Å². The molecule has 1 heterocycles. The Hall–Kier alpha value is -0.660. The summed E-state index contributed by atoms with van der Waals surface area (Å²) >= 11 is 8.66. The molecule has 0 saturated heterocycles. The first-order valence-electron chi connectivity index (χ1n) is 6.31. The number of benzene rings is 1. The number of nitrogens with one attached hydrogen (secondary N) is 1. The molecule has 20 heavy (non-hydrogen) atoms. The quantitative estimate of drug-likeness (QED) is 0.739. The molecule has 1 aromatic carbocycles. The van der Waals surface area contributed by atoms with Gasteiger partial charge in [0.15, 0.2) is 0 Å². The van der Waals surface area contributed by atoms with Crippen molar-refractivity contribution >= 4 is 48.3 Å². The van der Waals surface area contributed by atoms with Gasteiger partial charge in [-0.15, -0.1) is 10.2 Å². The van der Waals surface area contributed by atoms with E-state index >= 15 is 0 Å². The molecule has 0 unspecified atom stereocenters. The van der Waals surface area contributed by atoms with Crippen LogP contribution in [0.15, 0.2) is 21.1 Å². The van der Waals surface area contributed by atoms with Crippen molar-refractivity contribution in [3.8, 4) is 5.75 Å². The minimum atomic E-state index is 0.638. The summed E-state index contributed by atoms with van der Waals surface area (Å²) in [6, 6.07) is 4.09. The molecule has 0 aliphatic heterocycles. The maximum absolute atomic E-state index is 5.57. The molecule has 0 radical (unpaired) electrons. The van der Waals surface area contributed by atoms with Crippen molar-refractivity contribution < 1.29 is 4.74 Å². The lowest BCUT2D eigenvalue weighted by molar-refractivity contribution is 0.336. The Morgan fingerprint density at radius 2 is 1.90 bits per heavy atom. The first-order chi connectivity index (χ1) is 9.63. The summed E-state index contributed by atoms with van der Waals surface area (Å²) < 4.78 is 7.45. The van der Waals surface area contributed by atoms with E-state index in [0.29, 0.717) is 13.2 Å². The largest absolute Gasteiger partial charge is 0.492 e. The number of ether oxygens (including phenoxy) is 1. The fourth-order valence-electron chi connectivity index (χ4n) is 1.64. The predicted octanol–water partition coefficient (Wildman–Crippen LogP) is 4.64. The molecule has 0 aliphatic carbocycles. The standard InChI is InChI=1S/C13H15Br2N3OS/c1-3-11-17-18-13(20-11)16-7-8-5-9(14)12(19-4-2)10(15)6-8/h5-6H,3-4,7H2,1-2H3,(H,16,18). The molecule has 0 amide bonds. The summed E-state index contributed by atoms with van der Waals surface area (Å²) in [5, 5.41) is 13.4. The number of halogens is 2. The zero-order valence-electron chi connectivity index (χ0n) is 11.2. The van der Waals surface area contributed by atoms with Gasteiger partial charge in [0.05, 0.1) is 15.6 Å². The van der Waals surface area contributed by atoms with Gasteiger partial charge < -0.3 is 10.1 Å². The van der Waals surface area contributed by atoms with E-state index in [1.807, 2.05) is 19.1 Å². The van der Waals surface area contributed by atoms with Crippen molar-refractivity contribution in [1.29, 1.82) is 0 Å². The fraction of sp³-hybridized carbons (Fsp3) is 0.385. The third kappa shape index (κ3) is 3.93. The van der Waals surface area contributed by atoms with Gasteiger partial charge in [-0.3, -0.25) is 0 Å². The van der Waals surface area contributed by atoms with Crippen LogP contribution in [-0.4, -0.2) is 16.8 Å². The van der Waals surface area contributed by atoms with Gasteiger partial charge in [-0.2, -0.15) is 0 Å². The van der Waals surface area contributed by atoms with E-state index in [0.717, 1.165) is 36.8 Å². The van der Waals surface area contributed by atoms with Crippen molar-refractivity contribution in [2.45, 2.75) is 26.8 Å². The Labute approximate surface area is 139 Å². The molecule has 1 N–H and O–H groups in total. The molecule has 1 aromatic heterocycles. The zero-order chi connectivity index (χ0) is 14.5. The van der Waals surface area contributed by atoms with E-state index < -0.39 is 0 Å². The summed E-state index contributed by atoms with van der Waals surface area (Å²) in [4.78, 5) is 0. The molecule has 0 fully saturated rings. The van der Waals surface area contributed by atoms with Crippen molar-refractivity contribution in [3.05, 3.63) is 31.6 Å². The second kappa shape index (κ2) is 7.38. The fourth-order valence-corrected chi connectivity index (χ4v) is 3.83. The average Bonchev–Trinajstić information content (AvgIpc) is 2.88. The van der Waals surface area contributed by atoms with Crippen LogP contribution in [0.1, 0.15) is 24.4 Å². The van der Waals surface area contributed by atoms with Crippen LogP contribution >= 0.6 is 43.2 Å². The highest BCUT2D eigenvalue weighted by atomic mass is 79.9. The predicted molar refractivity (Wildman–Crippen MR) is 89.6 cm³/mol. The Balaban J connectivity index is 2.06. The molecule has 7 heteroatoms. The first-order valence-corrected chi connectivity index (χ1v) is 8.71. The van der Waals surface area contributed by atoms with Gasteiger partial charge in [0.2, 0.25) is 5.13 Å². The summed E-state index contributed by atoms with van der Waals surface area (Å²) in [5.41, 5.74) is 1.14. The van der Waals surface area contributed by atoms with Crippen LogP contribution in [0.4, 0.5) is 5.13 Å². The molecule has 4 nitrogen and oxygen atoms in total. The van der Waals surface area contributed by atoms with E-state index in [2.05, 4.69) is 54.3 Å². The molecular formula is C13H15Br2N3OS. The van der Waals surface area contributed by atoms with Crippen LogP contribution in [0, 0.1) is 0 Å². The van der Waals surface area contributed by atoms with Gasteiger partial charge in [0.25, 0.3) is 0 Å². The summed E-state index contributed by atoms with van der Waals surface area (Å²) in [5.74, 6) is 0.834. The van der Waals surface area contributed by atoms with Gasteiger partial charge in [-0.25, -0.2) is 0 Å². The Morgan fingerprint density at radius 1 is 1.20 bits per heavy atom. The summed E-state index contributed by atoms with van der Waals surface area (Å²) in [6.07, 6.45) is 0.916. The average molecular weight is 421 g/mol. The number of hydrogen-bond donors (Lipinski definition) is 1. The molecule has 2 aromatic rings. The van der Waals surface area contributed by atoms with E-state index in [4.69, 9.17) is 4.74 Å². The number of rotatable bonds is 6. The maximum atomic E-state index is 5.57. The second-order valence-corrected chi connectivity index (χ2v) is 6.80. The molecule has 2 rings (SSSR count). The maximum Gasteiger partial charge on any atom is 0.205 e. The lowest BCUT2D eigenvalue weighted by Gasteiger charge is -2.11. The zero-order valence-corrected chi connectivity index (χ0v) is 15.2. The van der Waals surface area contributed by atoms with Gasteiger partial charge in [-0.1, -0.05) is 18.3 Å². The minimum Gasteiger partial charge on any atom is -0.492 e. The second-order valence-electron chi connectivity index (χ2n) is 4.03. The molecule has 0 bridgehead atoms. The molecule has 0 saturated carbocycles. The van der Waals surface area contributed by atoms with Crippen LogP contribution < -0.4 is 10.1 Å². The number of aromatic nitrogens is 2. The third-order valence-corrected chi connectivity index (χ3v) is 4.76. The van der Waals surface area contributed by atoms with E-state index in [9.17, 15) is 0 Å². The Bertz CT molecular complexity index is 566. The highest BCUT2D eigenvalue weighted by Gasteiger charge is 2.09. The van der Waals surface area contributed by atoms with Crippen LogP contribution in [-0.2, 0) is 13.0 Å². The smallest absolute Gasteiger partial charge is 0.205 e. The van der Waals surface area contributed by atoms with Crippen LogP contribution in [0.3, 0.4) is 0 Å². The SMILES string of the molecule is CCOc1c(Br)cc(CNc2nnc(CC)s2)cc1Br. The van der Waals surface area contributed by atoms with Gasteiger partial charge in [0, 0.05) is 6.54 Å². The summed E-state index contributed by atoms with van der Waals surface area (Å²) in [6.45, 7) is 5.38. The Kier molecular flexibility index (Phi) is 5.80. The number of aryl methyl sites for hydroxylation is 1. The van der Waals surface area contributed by atoms with E-state index in [-0.39, 0.29) is 0 Å². The molecule has 0 aliphatic rings. The highest BCUT2D eigenvalue weighted by Crippen LogP contribution is 2.35.